The predicted octanol–water partition coefficient (Wildman–Crippen LogP) is 0.858. The van der Waals surface area contributed by atoms with Crippen molar-refractivity contribution in [3.8, 4) is 5.88 Å². The highest BCUT2D eigenvalue weighted by Crippen LogP contribution is 2.27. The number of anilines is 1. The molecule has 1 heterocycles. The van der Waals surface area contributed by atoms with Gasteiger partial charge in [0.15, 0.2) is 0 Å². The first-order valence-electron chi connectivity index (χ1n) is 3.87. The molecule has 0 aliphatic carbocycles. The Hall–Kier alpha value is -1.55. The van der Waals surface area contributed by atoms with Gasteiger partial charge in [0.05, 0.1) is 18.7 Å². The maximum atomic E-state index is 5.75. The van der Waals surface area contributed by atoms with Crippen LogP contribution >= 0.6 is 0 Å². The first kappa shape index (κ1) is 9.54. The Morgan fingerprint density at radius 2 is 2.38 bits per heavy atom. The molecule has 0 amide bonds. The lowest BCUT2D eigenvalue weighted by Crippen LogP contribution is -2.11. The van der Waals surface area contributed by atoms with Crippen LogP contribution in [0, 0.1) is 0 Å². The van der Waals surface area contributed by atoms with E-state index in [1.165, 1.54) is 7.11 Å². The molecule has 1 atom stereocenters. The van der Waals surface area contributed by atoms with E-state index in [1.54, 1.807) is 18.3 Å². The number of aromatic nitrogens is 1. The number of methoxy groups -OCH3 is 1. The molecule has 0 aromatic carbocycles. The van der Waals surface area contributed by atoms with Crippen molar-refractivity contribution in [3.05, 3.63) is 30.5 Å². The van der Waals surface area contributed by atoms with Gasteiger partial charge in [-0.15, -0.1) is 6.58 Å². The molecule has 0 aliphatic rings. The Kier molecular flexibility index (Phi) is 2.87. The number of pyridine rings is 1. The zero-order chi connectivity index (χ0) is 9.84. The Labute approximate surface area is 77.2 Å². The fourth-order valence-electron chi connectivity index (χ4n) is 1.08. The molecule has 0 spiro atoms. The molecule has 0 saturated carbocycles. The van der Waals surface area contributed by atoms with Crippen LogP contribution in [0.1, 0.15) is 11.6 Å². The standard InChI is InChI=1S/C9H13N3O/c1-3-6(10)8-7(11)4-5-12-9(8)13-2/h3-6H,1,10H2,2H3,(H2,11,12). The second-order valence-electron chi connectivity index (χ2n) is 2.58. The molecular formula is C9H13N3O. The minimum atomic E-state index is -0.344. The molecule has 70 valence electrons. The Morgan fingerprint density at radius 1 is 1.69 bits per heavy atom. The highest BCUT2D eigenvalue weighted by Gasteiger charge is 2.13. The van der Waals surface area contributed by atoms with Gasteiger partial charge in [0, 0.05) is 11.9 Å². The summed E-state index contributed by atoms with van der Waals surface area (Å²) in [6.07, 6.45) is 3.17. The van der Waals surface area contributed by atoms with Crippen LogP contribution in [0.5, 0.6) is 5.88 Å². The zero-order valence-corrected chi connectivity index (χ0v) is 7.53. The van der Waals surface area contributed by atoms with E-state index < -0.39 is 0 Å². The van der Waals surface area contributed by atoms with E-state index in [4.69, 9.17) is 16.2 Å². The third kappa shape index (κ3) is 1.78. The third-order valence-corrected chi connectivity index (χ3v) is 1.77. The van der Waals surface area contributed by atoms with E-state index in [0.717, 1.165) is 0 Å². The molecule has 0 bridgehead atoms. The predicted molar refractivity (Wildman–Crippen MR) is 52.3 cm³/mol. The van der Waals surface area contributed by atoms with E-state index in [2.05, 4.69) is 11.6 Å². The molecule has 0 radical (unpaired) electrons. The molecule has 1 aromatic rings. The lowest BCUT2D eigenvalue weighted by molar-refractivity contribution is 0.391. The third-order valence-electron chi connectivity index (χ3n) is 1.77. The zero-order valence-electron chi connectivity index (χ0n) is 7.53. The first-order chi connectivity index (χ1) is 6.20. The molecule has 0 fully saturated rings. The highest BCUT2D eigenvalue weighted by molar-refractivity contribution is 5.53. The summed E-state index contributed by atoms with van der Waals surface area (Å²) in [7, 11) is 1.53. The van der Waals surface area contributed by atoms with Crippen molar-refractivity contribution >= 4 is 5.69 Å². The summed E-state index contributed by atoms with van der Waals surface area (Å²) in [5.41, 5.74) is 12.7. The number of nitrogens with zero attached hydrogens (tertiary/aromatic N) is 1. The number of hydrogen-bond acceptors (Lipinski definition) is 4. The van der Waals surface area contributed by atoms with E-state index in [-0.39, 0.29) is 6.04 Å². The van der Waals surface area contributed by atoms with Gasteiger partial charge in [0.1, 0.15) is 0 Å². The summed E-state index contributed by atoms with van der Waals surface area (Å²) < 4.78 is 5.03. The number of nitrogens with two attached hydrogens (primary N) is 2. The Morgan fingerprint density at radius 3 is 2.92 bits per heavy atom. The minimum absolute atomic E-state index is 0.344. The molecule has 4 nitrogen and oxygen atoms in total. The van der Waals surface area contributed by atoms with Gasteiger partial charge in [-0.05, 0) is 6.07 Å². The number of ether oxygens (including phenoxy) is 1. The lowest BCUT2D eigenvalue weighted by Gasteiger charge is -2.12. The van der Waals surface area contributed by atoms with Crippen molar-refractivity contribution in [1.29, 1.82) is 0 Å². The van der Waals surface area contributed by atoms with Gasteiger partial charge in [0.25, 0.3) is 0 Å². The molecule has 1 unspecified atom stereocenters. The smallest absolute Gasteiger partial charge is 0.220 e. The van der Waals surface area contributed by atoms with Gasteiger partial charge in [-0.3, -0.25) is 0 Å². The maximum Gasteiger partial charge on any atom is 0.220 e. The summed E-state index contributed by atoms with van der Waals surface area (Å²) in [6, 6.07) is 1.34. The molecule has 1 rings (SSSR count). The summed E-state index contributed by atoms with van der Waals surface area (Å²) in [6.45, 7) is 3.59. The van der Waals surface area contributed by atoms with Crippen LogP contribution in [0.15, 0.2) is 24.9 Å². The Bertz CT molecular complexity index is 312. The maximum absolute atomic E-state index is 5.75. The average molecular weight is 179 g/mol. The van der Waals surface area contributed by atoms with Crippen LogP contribution in [0.3, 0.4) is 0 Å². The highest BCUT2D eigenvalue weighted by atomic mass is 16.5. The summed E-state index contributed by atoms with van der Waals surface area (Å²) >= 11 is 0. The molecule has 1 aromatic heterocycles. The number of nitrogen functional groups attached to an aromatic ring is 1. The molecule has 0 saturated heterocycles. The van der Waals surface area contributed by atoms with Crippen LogP contribution in [-0.4, -0.2) is 12.1 Å². The molecular weight excluding hydrogens is 166 g/mol. The van der Waals surface area contributed by atoms with Gasteiger partial charge >= 0.3 is 0 Å². The van der Waals surface area contributed by atoms with Crippen LogP contribution in [0.2, 0.25) is 0 Å². The Balaban J connectivity index is 3.22. The van der Waals surface area contributed by atoms with Crippen molar-refractivity contribution in [2.75, 3.05) is 12.8 Å². The quantitative estimate of drug-likeness (QED) is 0.675. The van der Waals surface area contributed by atoms with Crippen molar-refractivity contribution in [3.63, 3.8) is 0 Å². The molecule has 4 heteroatoms. The second kappa shape index (κ2) is 3.91. The van der Waals surface area contributed by atoms with Crippen molar-refractivity contribution < 1.29 is 4.74 Å². The van der Waals surface area contributed by atoms with Gasteiger partial charge in [-0.25, -0.2) is 4.98 Å². The topological polar surface area (TPSA) is 74.2 Å². The number of hydrogen-bond donors (Lipinski definition) is 2. The van der Waals surface area contributed by atoms with Crippen LogP contribution in [0.25, 0.3) is 0 Å². The minimum Gasteiger partial charge on any atom is -0.481 e. The molecule has 4 N–H and O–H groups in total. The molecule has 0 aliphatic heterocycles. The van der Waals surface area contributed by atoms with Crippen molar-refractivity contribution in [2.45, 2.75) is 6.04 Å². The van der Waals surface area contributed by atoms with Gasteiger partial charge in [0.2, 0.25) is 5.88 Å². The van der Waals surface area contributed by atoms with E-state index in [9.17, 15) is 0 Å². The SMILES string of the molecule is C=CC(N)c1c(N)ccnc1OC. The average Bonchev–Trinajstić information content (AvgIpc) is 2.16. The van der Waals surface area contributed by atoms with Gasteiger partial charge in [-0.1, -0.05) is 6.08 Å². The van der Waals surface area contributed by atoms with E-state index in [1.807, 2.05) is 0 Å². The number of rotatable bonds is 3. The summed E-state index contributed by atoms with van der Waals surface area (Å²) in [5, 5.41) is 0. The monoisotopic (exact) mass is 179 g/mol. The van der Waals surface area contributed by atoms with Crippen LogP contribution in [-0.2, 0) is 0 Å². The largest absolute Gasteiger partial charge is 0.481 e. The van der Waals surface area contributed by atoms with Gasteiger partial charge in [-0.2, -0.15) is 0 Å². The van der Waals surface area contributed by atoms with Gasteiger partial charge < -0.3 is 16.2 Å². The fourth-order valence-corrected chi connectivity index (χ4v) is 1.08. The van der Waals surface area contributed by atoms with Crippen molar-refractivity contribution in [2.24, 2.45) is 5.73 Å². The second-order valence-corrected chi connectivity index (χ2v) is 2.58. The fraction of sp³-hybridized carbons (Fsp3) is 0.222. The normalized spacial score (nSPS) is 12.2. The first-order valence-corrected chi connectivity index (χ1v) is 3.87. The van der Waals surface area contributed by atoms with Crippen LogP contribution < -0.4 is 16.2 Å². The van der Waals surface area contributed by atoms with E-state index >= 15 is 0 Å². The summed E-state index contributed by atoms with van der Waals surface area (Å²) in [4.78, 5) is 4.00. The summed E-state index contributed by atoms with van der Waals surface area (Å²) in [5.74, 6) is 0.451. The van der Waals surface area contributed by atoms with Crippen molar-refractivity contribution in [1.82, 2.24) is 4.98 Å². The van der Waals surface area contributed by atoms with E-state index in [0.29, 0.717) is 17.1 Å². The molecule has 13 heavy (non-hydrogen) atoms. The lowest BCUT2D eigenvalue weighted by atomic mass is 10.1. The van der Waals surface area contributed by atoms with Crippen LogP contribution in [0.4, 0.5) is 5.69 Å².